The quantitative estimate of drug-likeness (QED) is 0.877. The highest BCUT2D eigenvalue weighted by molar-refractivity contribution is 7.17. The number of hydrogen-bond donors (Lipinski definition) is 2. The number of carbonyl (C=O) groups is 1. The summed E-state index contributed by atoms with van der Waals surface area (Å²) in [7, 11) is 0. The maximum atomic E-state index is 11.8. The topological polar surface area (TPSA) is 55.1 Å². The maximum absolute atomic E-state index is 11.8. The average Bonchev–Trinajstić information content (AvgIpc) is 2.74. The first kappa shape index (κ1) is 12.1. The molecule has 2 atom stereocenters. The molecule has 2 unspecified atom stereocenters. The number of amides is 1. The van der Waals surface area contributed by atoms with Crippen molar-refractivity contribution in [3.63, 3.8) is 0 Å². The Morgan fingerprint density at radius 1 is 1.35 bits per heavy atom. The molecule has 2 rings (SSSR count). The Morgan fingerprint density at radius 3 is 2.82 bits per heavy atom. The van der Waals surface area contributed by atoms with Crippen molar-refractivity contribution >= 4 is 33.0 Å². The number of anilines is 1. The Kier molecular flexibility index (Phi) is 3.45. The van der Waals surface area contributed by atoms with Crippen LogP contribution in [0.3, 0.4) is 0 Å². The lowest BCUT2D eigenvalue weighted by Crippen LogP contribution is -2.34. The molecule has 1 heterocycles. The predicted octanol–water partition coefficient (Wildman–Crippen LogP) is 2.82. The van der Waals surface area contributed by atoms with E-state index in [0.717, 1.165) is 11.1 Å². The summed E-state index contributed by atoms with van der Waals surface area (Å²) in [6.07, 6.45) is 0. The third-order valence-electron chi connectivity index (χ3n) is 2.92. The zero-order valence-corrected chi connectivity index (χ0v) is 10.8. The molecule has 0 spiro atoms. The number of carbonyl (C=O) groups excluding carboxylic acids is 1. The summed E-state index contributed by atoms with van der Waals surface area (Å²) in [5.41, 5.74) is 6.53. The van der Waals surface area contributed by atoms with Gasteiger partial charge in [0.25, 0.3) is 0 Å². The van der Waals surface area contributed by atoms with Gasteiger partial charge < -0.3 is 11.1 Å². The highest BCUT2D eigenvalue weighted by Crippen LogP contribution is 2.24. The van der Waals surface area contributed by atoms with E-state index in [2.05, 4.69) is 5.32 Å². The number of benzene rings is 1. The number of hydrogen-bond acceptors (Lipinski definition) is 3. The second kappa shape index (κ2) is 4.85. The van der Waals surface area contributed by atoms with Crippen LogP contribution in [0.1, 0.15) is 13.8 Å². The van der Waals surface area contributed by atoms with Gasteiger partial charge in [-0.3, -0.25) is 4.79 Å². The van der Waals surface area contributed by atoms with Crippen LogP contribution in [-0.4, -0.2) is 11.9 Å². The zero-order chi connectivity index (χ0) is 12.4. The summed E-state index contributed by atoms with van der Waals surface area (Å²) in [4.78, 5) is 11.8. The normalized spacial score (nSPS) is 14.5. The number of nitrogens with one attached hydrogen (secondary N) is 1. The van der Waals surface area contributed by atoms with E-state index in [1.165, 1.54) is 4.70 Å². The molecule has 0 bridgehead atoms. The molecular formula is C13H16N2OS. The Balaban J connectivity index is 2.15. The van der Waals surface area contributed by atoms with E-state index < -0.39 is 0 Å². The van der Waals surface area contributed by atoms with Crippen molar-refractivity contribution < 1.29 is 4.79 Å². The molecule has 0 radical (unpaired) electrons. The maximum Gasteiger partial charge on any atom is 0.228 e. The molecule has 0 saturated heterocycles. The predicted molar refractivity (Wildman–Crippen MR) is 73.3 cm³/mol. The van der Waals surface area contributed by atoms with Gasteiger partial charge in [-0.05, 0) is 42.0 Å². The van der Waals surface area contributed by atoms with E-state index in [-0.39, 0.29) is 17.9 Å². The molecule has 17 heavy (non-hydrogen) atoms. The van der Waals surface area contributed by atoms with E-state index in [9.17, 15) is 4.79 Å². The van der Waals surface area contributed by atoms with Crippen LogP contribution >= 0.6 is 11.3 Å². The van der Waals surface area contributed by atoms with Gasteiger partial charge in [0, 0.05) is 16.4 Å². The van der Waals surface area contributed by atoms with Gasteiger partial charge in [0.05, 0.1) is 5.92 Å². The average molecular weight is 248 g/mol. The second-order valence-electron chi connectivity index (χ2n) is 4.31. The fraction of sp³-hybridized carbons (Fsp3) is 0.308. The van der Waals surface area contributed by atoms with Crippen LogP contribution in [0, 0.1) is 5.92 Å². The second-order valence-corrected chi connectivity index (χ2v) is 5.26. The molecule has 0 saturated carbocycles. The SMILES string of the molecule is CC(N)C(C)C(=O)Nc1ccc2sccc2c1. The summed E-state index contributed by atoms with van der Waals surface area (Å²) in [6, 6.07) is 7.83. The van der Waals surface area contributed by atoms with Gasteiger partial charge in [-0.2, -0.15) is 0 Å². The summed E-state index contributed by atoms with van der Waals surface area (Å²) in [5, 5.41) is 6.09. The number of thiophene rings is 1. The van der Waals surface area contributed by atoms with Gasteiger partial charge in [0.2, 0.25) is 5.91 Å². The number of nitrogens with two attached hydrogens (primary N) is 1. The fourth-order valence-electron chi connectivity index (χ4n) is 1.54. The molecular weight excluding hydrogens is 232 g/mol. The smallest absolute Gasteiger partial charge is 0.228 e. The van der Waals surface area contributed by atoms with Crippen molar-refractivity contribution in [1.82, 2.24) is 0 Å². The van der Waals surface area contributed by atoms with E-state index >= 15 is 0 Å². The van der Waals surface area contributed by atoms with Crippen molar-refractivity contribution in [1.29, 1.82) is 0 Å². The molecule has 0 aliphatic carbocycles. The first-order valence-corrected chi connectivity index (χ1v) is 6.49. The van der Waals surface area contributed by atoms with Gasteiger partial charge in [0.15, 0.2) is 0 Å². The van der Waals surface area contributed by atoms with Gasteiger partial charge in [-0.15, -0.1) is 11.3 Å². The highest BCUT2D eigenvalue weighted by Gasteiger charge is 2.16. The molecule has 0 fully saturated rings. The summed E-state index contributed by atoms with van der Waals surface area (Å²) < 4.78 is 1.23. The Labute approximate surface area is 105 Å². The molecule has 1 aromatic heterocycles. The standard InChI is InChI=1S/C13H16N2OS/c1-8(9(2)14)13(16)15-11-3-4-12-10(7-11)5-6-17-12/h3-9H,14H2,1-2H3,(H,15,16). The van der Waals surface area contributed by atoms with E-state index in [1.54, 1.807) is 11.3 Å². The fourth-order valence-corrected chi connectivity index (χ4v) is 2.31. The van der Waals surface area contributed by atoms with Crippen molar-refractivity contribution in [3.05, 3.63) is 29.6 Å². The zero-order valence-electron chi connectivity index (χ0n) is 9.94. The molecule has 2 aromatic rings. The summed E-state index contributed by atoms with van der Waals surface area (Å²) >= 11 is 1.69. The number of fused-ring (bicyclic) bond motifs is 1. The molecule has 1 aromatic carbocycles. The van der Waals surface area contributed by atoms with Crippen LogP contribution in [0.5, 0.6) is 0 Å². The van der Waals surface area contributed by atoms with E-state index in [0.29, 0.717) is 0 Å². The largest absolute Gasteiger partial charge is 0.327 e. The van der Waals surface area contributed by atoms with Crippen LogP contribution in [0.4, 0.5) is 5.69 Å². The van der Waals surface area contributed by atoms with Crippen LogP contribution in [0.25, 0.3) is 10.1 Å². The molecule has 3 nitrogen and oxygen atoms in total. The van der Waals surface area contributed by atoms with Crippen LogP contribution < -0.4 is 11.1 Å². The lowest BCUT2D eigenvalue weighted by molar-refractivity contribution is -0.119. The lowest BCUT2D eigenvalue weighted by Gasteiger charge is -2.15. The van der Waals surface area contributed by atoms with Crippen molar-refractivity contribution in [2.45, 2.75) is 19.9 Å². The molecule has 90 valence electrons. The van der Waals surface area contributed by atoms with Crippen molar-refractivity contribution in [2.75, 3.05) is 5.32 Å². The van der Waals surface area contributed by atoms with Gasteiger partial charge in [0.1, 0.15) is 0 Å². The van der Waals surface area contributed by atoms with Gasteiger partial charge >= 0.3 is 0 Å². The molecule has 0 aliphatic rings. The monoisotopic (exact) mass is 248 g/mol. The van der Waals surface area contributed by atoms with Crippen molar-refractivity contribution in [3.8, 4) is 0 Å². The summed E-state index contributed by atoms with van der Waals surface area (Å²) in [5.74, 6) is -0.220. The first-order valence-electron chi connectivity index (χ1n) is 5.61. The molecule has 4 heteroatoms. The Morgan fingerprint density at radius 2 is 2.12 bits per heavy atom. The lowest BCUT2D eigenvalue weighted by atomic mass is 10.0. The van der Waals surface area contributed by atoms with Crippen LogP contribution in [0.2, 0.25) is 0 Å². The van der Waals surface area contributed by atoms with E-state index in [4.69, 9.17) is 5.73 Å². The third-order valence-corrected chi connectivity index (χ3v) is 3.82. The first-order chi connectivity index (χ1) is 8.08. The molecule has 3 N–H and O–H groups in total. The molecule has 0 aliphatic heterocycles. The van der Waals surface area contributed by atoms with E-state index in [1.807, 2.05) is 43.5 Å². The Bertz CT molecular complexity index is 533. The highest BCUT2D eigenvalue weighted by atomic mass is 32.1. The minimum absolute atomic E-state index is 0.0328. The number of rotatable bonds is 3. The third kappa shape index (κ3) is 2.65. The van der Waals surface area contributed by atoms with Gasteiger partial charge in [-0.1, -0.05) is 6.92 Å². The Hall–Kier alpha value is -1.39. The van der Waals surface area contributed by atoms with Crippen molar-refractivity contribution in [2.24, 2.45) is 11.7 Å². The van der Waals surface area contributed by atoms with Gasteiger partial charge in [-0.25, -0.2) is 0 Å². The minimum atomic E-state index is -0.187. The summed E-state index contributed by atoms with van der Waals surface area (Å²) in [6.45, 7) is 3.68. The molecule has 1 amide bonds. The van der Waals surface area contributed by atoms with Crippen LogP contribution in [0.15, 0.2) is 29.6 Å². The van der Waals surface area contributed by atoms with Crippen LogP contribution in [-0.2, 0) is 4.79 Å². The minimum Gasteiger partial charge on any atom is -0.327 e.